The third-order valence-electron chi connectivity index (χ3n) is 4.44. The SMILES string of the molecule is COc1ccc(CCn2c(C)cc(-c3csc(N)n3)c2C)cc1OC. The minimum atomic E-state index is 0.602. The molecule has 132 valence electrons. The summed E-state index contributed by atoms with van der Waals surface area (Å²) in [6.07, 6.45) is 0.912. The monoisotopic (exact) mass is 357 g/mol. The smallest absolute Gasteiger partial charge is 0.180 e. The van der Waals surface area contributed by atoms with E-state index < -0.39 is 0 Å². The van der Waals surface area contributed by atoms with E-state index in [0.717, 1.165) is 35.7 Å². The van der Waals surface area contributed by atoms with Crippen LogP contribution < -0.4 is 15.2 Å². The Hall–Kier alpha value is -2.47. The first kappa shape index (κ1) is 17.4. The van der Waals surface area contributed by atoms with Gasteiger partial charge < -0.3 is 19.8 Å². The van der Waals surface area contributed by atoms with Crippen LogP contribution in [0.15, 0.2) is 29.6 Å². The number of nitrogens with zero attached hydrogens (tertiary/aromatic N) is 2. The third kappa shape index (κ3) is 3.49. The van der Waals surface area contributed by atoms with E-state index in [0.29, 0.717) is 5.13 Å². The van der Waals surface area contributed by atoms with Crippen LogP contribution in [0.3, 0.4) is 0 Å². The Kier molecular flexibility index (Phi) is 4.99. The number of aromatic nitrogens is 2. The van der Waals surface area contributed by atoms with Gasteiger partial charge in [-0.2, -0.15) is 0 Å². The zero-order valence-electron chi connectivity index (χ0n) is 15.0. The fourth-order valence-corrected chi connectivity index (χ4v) is 3.66. The van der Waals surface area contributed by atoms with Gasteiger partial charge in [0.05, 0.1) is 19.9 Å². The van der Waals surface area contributed by atoms with Crippen molar-refractivity contribution in [3.05, 3.63) is 46.6 Å². The van der Waals surface area contributed by atoms with E-state index in [9.17, 15) is 0 Å². The van der Waals surface area contributed by atoms with Gasteiger partial charge in [-0.25, -0.2) is 4.98 Å². The number of methoxy groups -OCH3 is 2. The summed E-state index contributed by atoms with van der Waals surface area (Å²) < 4.78 is 13.0. The number of hydrogen-bond acceptors (Lipinski definition) is 5. The molecule has 0 aliphatic carbocycles. The van der Waals surface area contributed by atoms with Crippen molar-refractivity contribution in [1.29, 1.82) is 0 Å². The number of anilines is 1. The molecule has 1 aromatic carbocycles. The molecular formula is C19H23N3O2S. The van der Waals surface area contributed by atoms with E-state index in [2.05, 4.69) is 35.5 Å². The van der Waals surface area contributed by atoms with Crippen molar-refractivity contribution in [2.24, 2.45) is 0 Å². The van der Waals surface area contributed by atoms with Gasteiger partial charge in [0, 0.05) is 28.9 Å². The zero-order valence-corrected chi connectivity index (χ0v) is 15.8. The van der Waals surface area contributed by atoms with Gasteiger partial charge in [0.15, 0.2) is 16.6 Å². The van der Waals surface area contributed by atoms with Crippen molar-refractivity contribution in [1.82, 2.24) is 9.55 Å². The summed E-state index contributed by atoms with van der Waals surface area (Å²) in [7, 11) is 3.31. The number of thiazole rings is 1. The number of nitrogens with two attached hydrogens (primary N) is 1. The fourth-order valence-electron chi connectivity index (χ4n) is 3.09. The van der Waals surface area contributed by atoms with Crippen molar-refractivity contribution < 1.29 is 9.47 Å². The molecule has 25 heavy (non-hydrogen) atoms. The highest BCUT2D eigenvalue weighted by molar-refractivity contribution is 7.13. The second kappa shape index (κ2) is 7.19. The lowest BCUT2D eigenvalue weighted by Gasteiger charge is -2.12. The molecule has 0 aliphatic rings. The highest BCUT2D eigenvalue weighted by Crippen LogP contribution is 2.30. The number of ether oxygens (including phenoxy) is 2. The number of benzene rings is 1. The summed E-state index contributed by atoms with van der Waals surface area (Å²) in [5.41, 5.74) is 11.5. The molecule has 0 saturated carbocycles. The number of aryl methyl sites for hydroxylation is 2. The molecule has 3 aromatic rings. The average Bonchev–Trinajstić information content (AvgIpc) is 3.16. The minimum Gasteiger partial charge on any atom is -0.493 e. The first-order valence-electron chi connectivity index (χ1n) is 8.12. The molecule has 0 bridgehead atoms. The lowest BCUT2D eigenvalue weighted by molar-refractivity contribution is 0.354. The lowest BCUT2D eigenvalue weighted by Crippen LogP contribution is -2.05. The molecule has 0 unspecified atom stereocenters. The molecule has 3 rings (SSSR count). The molecule has 0 aliphatic heterocycles. The van der Waals surface area contributed by atoms with Crippen LogP contribution in [0.25, 0.3) is 11.3 Å². The van der Waals surface area contributed by atoms with Gasteiger partial charge in [0.25, 0.3) is 0 Å². The van der Waals surface area contributed by atoms with Gasteiger partial charge in [0.2, 0.25) is 0 Å². The second-order valence-corrected chi connectivity index (χ2v) is 6.84. The Balaban J connectivity index is 1.81. The molecular weight excluding hydrogens is 334 g/mol. The number of hydrogen-bond donors (Lipinski definition) is 1. The topological polar surface area (TPSA) is 62.3 Å². The molecule has 0 atom stereocenters. The predicted molar refractivity (Wildman–Crippen MR) is 103 cm³/mol. The first-order valence-corrected chi connectivity index (χ1v) is 9.00. The van der Waals surface area contributed by atoms with E-state index in [4.69, 9.17) is 15.2 Å². The molecule has 0 fully saturated rings. The van der Waals surface area contributed by atoms with E-state index in [-0.39, 0.29) is 0 Å². The molecule has 0 spiro atoms. The molecule has 2 heterocycles. The Morgan fingerprint density at radius 3 is 2.52 bits per heavy atom. The average molecular weight is 357 g/mol. The number of rotatable bonds is 6. The van der Waals surface area contributed by atoms with Crippen molar-refractivity contribution in [2.45, 2.75) is 26.8 Å². The van der Waals surface area contributed by atoms with Crippen molar-refractivity contribution in [3.63, 3.8) is 0 Å². The maximum atomic E-state index is 5.78. The van der Waals surface area contributed by atoms with Crippen LogP contribution in [0, 0.1) is 13.8 Å². The van der Waals surface area contributed by atoms with E-state index in [1.165, 1.54) is 28.3 Å². The highest BCUT2D eigenvalue weighted by atomic mass is 32.1. The normalized spacial score (nSPS) is 10.9. The highest BCUT2D eigenvalue weighted by Gasteiger charge is 2.13. The number of nitrogen functional groups attached to an aromatic ring is 1. The van der Waals surface area contributed by atoms with Gasteiger partial charge in [-0.15, -0.1) is 11.3 Å². The fraction of sp³-hybridized carbons (Fsp3) is 0.316. The van der Waals surface area contributed by atoms with Crippen LogP contribution in [0.1, 0.15) is 17.0 Å². The Labute approximate surface area is 152 Å². The van der Waals surface area contributed by atoms with E-state index in [1.54, 1.807) is 14.2 Å². The second-order valence-electron chi connectivity index (χ2n) is 5.95. The molecule has 5 nitrogen and oxygen atoms in total. The van der Waals surface area contributed by atoms with Crippen LogP contribution in [0.4, 0.5) is 5.13 Å². The zero-order chi connectivity index (χ0) is 18.0. The van der Waals surface area contributed by atoms with Gasteiger partial charge in [-0.05, 0) is 44.0 Å². The van der Waals surface area contributed by atoms with Gasteiger partial charge in [0.1, 0.15) is 0 Å². The molecule has 0 amide bonds. The Morgan fingerprint density at radius 2 is 1.88 bits per heavy atom. The Morgan fingerprint density at radius 1 is 1.12 bits per heavy atom. The van der Waals surface area contributed by atoms with Crippen LogP contribution in [0.2, 0.25) is 0 Å². The quantitative estimate of drug-likeness (QED) is 0.722. The summed E-state index contributed by atoms with van der Waals surface area (Å²) in [5, 5.41) is 2.61. The minimum absolute atomic E-state index is 0.602. The summed E-state index contributed by atoms with van der Waals surface area (Å²) in [4.78, 5) is 4.41. The lowest BCUT2D eigenvalue weighted by atomic mass is 10.1. The maximum absolute atomic E-state index is 5.78. The van der Waals surface area contributed by atoms with Crippen LogP contribution in [-0.2, 0) is 13.0 Å². The van der Waals surface area contributed by atoms with Crippen molar-refractivity contribution in [2.75, 3.05) is 20.0 Å². The van der Waals surface area contributed by atoms with Gasteiger partial charge >= 0.3 is 0 Å². The standard InChI is InChI=1S/C19H23N3O2S/c1-12-9-15(16-11-25-19(20)21-16)13(2)22(12)8-7-14-5-6-17(23-3)18(10-14)24-4/h5-6,9-11H,7-8H2,1-4H3,(H2,20,21). The van der Waals surface area contributed by atoms with Crippen molar-refractivity contribution in [3.8, 4) is 22.8 Å². The largest absolute Gasteiger partial charge is 0.493 e. The van der Waals surface area contributed by atoms with E-state index in [1.807, 2.05) is 17.5 Å². The summed E-state index contributed by atoms with van der Waals surface area (Å²) >= 11 is 1.47. The molecule has 6 heteroatoms. The van der Waals surface area contributed by atoms with Crippen LogP contribution in [0.5, 0.6) is 11.5 Å². The van der Waals surface area contributed by atoms with Gasteiger partial charge in [-0.1, -0.05) is 6.07 Å². The Bertz CT molecular complexity index is 883. The van der Waals surface area contributed by atoms with Crippen LogP contribution in [-0.4, -0.2) is 23.8 Å². The summed E-state index contributed by atoms with van der Waals surface area (Å²) in [6.45, 7) is 5.15. The van der Waals surface area contributed by atoms with Crippen molar-refractivity contribution >= 4 is 16.5 Å². The summed E-state index contributed by atoms with van der Waals surface area (Å²) in [6, 6.07) is 8.25. The van der Waals surface area contributed by atoms with E-state index >= 15 is 0 Å². The van der Waals surface area contributed by atoms with Gasteiger partial charge in [-0.3, -0.25) is 0 Å². The summed E-state index contributed by atoms with van der Waals surface area (Å²) in [5.74, 6) is 1.52. The van der Waals surface area contributed by atoms with Crippen LogP contribution >= 0.6 is 11.3 Å². The predicted octanol–water partition coefficient (Wildman–Crippen LogP) is 4.07. The molecule has 2 N–H and O–H groups in total. The first-order chi connectivity index (χ1) is 12.0. The third-order valence-corrected chi connectivity index (χ3v) is 5.12. The molecule has 0 saturated heterocycles. The maximum Gasteiger partial charge on any atom is 0.180 e. The molecule has 2 aromatic heterocycles. The molecule has 0 radical (unpaired) electrons.